The number of nitrogens with one attached hydrogen (secondary N) is 1. The first-order valence-corrected chi connectivity index (χ1v) is 7.88. The van der Waals surface area contributed by atoms with Gasteiger partial charge >= 0.3 is 5.97 Å². The zero-order valence-corrected chi connectivity index (χ0v) is 13.9. The van der Waals surface area contributed by atoms with E-state index in [4.69, 9.17) is 4.74 Å². The second kappa shape index (κ2) is 6.85. The van der Waals surface area contributed by atoms with Crippen LogP contribution in [0.5, 0.6) is 0 Å². The monoisotopic (exact) mass is 358 g/mol. The van der Waals surface area contributed by atoms with Gasteiger partial charge in [-0.1, -0.05) is 6.07 Å². The van der Waals surface area contributed by atoms with E-state index >= 15 is 0 Å². The van der Waals surface area contributed by atoms with Crippen LogP contribution in [0.25, 0.3) is 0 Å². The molecule has 0 amide bonds. The van der Waals surface area contributed by atoms with Crippen LogP contribution < -0.4 is 5.32 Å². The minimum absolute atomic E-state index is 0.301. The smallest absolute Gasteiger partial charge is 0.330 e. The maximum atomic E-state index is 13.5. The van der Waals surface area contributed by atoms with Gasteiger partial charge in [-0.2, -0.15) is 0 Å². The maximum absolute atomic E-state index is 13.5. The normalized spacial score (nSPS) is 19.0. The molecule has 1 atom stereocenters. The number of carbonyl (C=O) groups excluding carboxylic acids is 1. The summed E-state index contributed by atoms with van der Waals surface area (Å²) in [5, 5.41) is 3.27. The summed E-state index contributed by atoms with van der Waals surface area (Å²) in [6.45, 7) is 7.07. The fourth-order valence-corrected chi connectivity index (χ4v) is 2.99. The quantitative estimate of drug-likeness (QED) is 0.838. The molecule has 1 unspecified atom stereocenters. The summed E-state index contributed by atoms with van der Waals surface area (Å²) in [5.74, 6) is -0.643. The Hall–Kier alpha value is -0.980. The van der Waals surface area contributed by atoms with E-state index in [-0.39, 0.29) is 11.8 Å². The highest BCUT2D eigenvalue weighted by Gasteiger charge is 2.43. The van der Waals surface area contributed by atoms with Crippen LogP contribution in [0, 0.1) is 5.82 Å². The Kier molecular flexibility index (Phi) is 5.35. The Morgan fingerprint density at radius 2 is 2.14 bits per heavy atom. The molecule has 1 heterocycles. The molecule has 1 N–H and O–H groups in total. The van der Waals surface area contributed by atoms with Gasteiger partial charge < -0.3 is 10.1 Å². The summed E-state index contributed by atoms with van der Waals surface area (Å²) < 4.78 is 19.1. The molecule has 1 aliphatic rings. The molecule has 0 bridgehead atoms. The molecule has 0 aliphatic carbocycles. The number of rotatable bonds is 4. The van der Waals surface area contributed by atoms with Crippen molar-refractivity contribution in [3.8, 4) is 0 Å². The molecular weight excluding hydrogens is 339 g/mol. The lowest BCUT2D eigenvalue weighted by Crippen LogP contribution is -2.57. The van der Waals surface area contributed by atoms with Gasteiger partial charge in [-0.3, -0.25) is 4.90 Å². The molecule has 0 radical (unpaired) electrons. The molecule has 0 aromatic heterocycles. The van der Waals surface area contributed by atoms with Crippen LogP contribution in [0.4, 0.5) is 4.39 Å². The third-order valence-electron chi connectivity index (χ3n) is 3.90. The van der Waals surface area contributed by atoms with E-state index in [9.17, 15) is 9.18 Å². The summed E-state index contributed by atoms with van der Waals surface area (Å²) in [4.78, 5) is 14.7. The SMILES string of the molecule is CCOC(=O)C(C)(c1ccc(F)c(Br)c1)N1CCNCC1. The fraction of sp³-hybridized carbons (Fsp3) is 0.533. The predicted octanol–water partition coefficient (Wildman–Crippen LogP) is 2.27. The number of ether oxygens (including phenoxy) is 1. The van der Waals surface area contributed by atoms with Gasteiger partial charge in [0.2, 0.25) is 0 Å². The number of piperazine rings is 1. The third kappa shape index (κ3) is 3.27. The molecule has 0 spiro atoms. The highest BCUT2D eigenvalue weighted by molar-refractivity contribution is 9.10. The zero-order valence-electron chi connectivity index (χ0n) is 12.3. The zero-order chi connectivity index (χ0) is 15.5. The van der Waals surface area contributed by atoms with Crippen molar-refractivity contribution in [1.82, 2.24) is 10.2 Å². The number of hydrogen-bond acceptors (Lipinski definition) is 4. The third-order valence-corrected chi connectivity index (χ3v) is 4.51. The van der Waals surface area contributed by atoms with Crippen molar-refractivity contribution in [3.63, 3.8) is 0 Å². The average Bonchev–Trinajstić information content (AvgIpc) is 2.50. The van der Waals surface area contributed by atoms with Gasteiger partial charge in [0.1, 0.15) is 11.4 Å². The van der Waals surface area contributed by atoms with Crippen LogP contribution in [0.1, 0.15) is 19.4 Å². The number of halogens is 2. The summed E-state index contributed by atoms with van der Waals surface area (Å²) >= 11 is 3.19. The molecule has 2 rings (SSSR count). The van der Waals surface area contributed by atoms with E-state index in [1.165, 1.54) is 6.07 Å². The van der Waals surface area contributed by atoms with Gasteiger partial charge in [0.15, 0.2) is 0 Å². The van der Waals surface area contributed by atoms with Gasteiger partial charge in [-0.25, -0.2) is 9.18 Å². The summed E-state index contributed by atoms with van der Waals surface area (Å²) in [6.07, 6.45) is 0. The predicted molar refractivity (Wildman–Crippen MR) is 82.5 cm³/mol. The van der Waals surface area contributed by atoms with Crippen LogP contribution in [0.2, 0.25) is 0 Å². The summed E-state index contributed by atoms with van der Waals surface area (Å²) in [7, 11) is 0. The number of hydrogen-bond donors (Lipinski definition) is 1. The largest absolute Gasteiger partial charge is 0.464 e. The Balaban J connectivity index is 2.43. The van der Waals surface area contributed by atoms with Gasteiger partial charge in [-0.15, -0.1) is 0 Å². The van der Waals surface area contributed by atoms with E-state index in [1.807, 2.05) is 6.92 Å². The van der Waals surface area contributed by atoms with Crippen molar-refractivity contribution in [1.29, 1.82) is 0 Å². The Morgan fingerprint density at radius 3 is 2.71 bits per heavy atom. The Labute approximate surface area is 132 Å². The summed E-state index contributed by atoms with van der Waals surface area (Å²) in [5.41, 5.74) is -0.176. The molecular formula is C15H20BrFN2O2. The second-order valence-electron chi connectivity index (χ2n) is 5.16. The molecule has 1 fully saturated rings. The fourth-order valence-electron chi connectivity index (χ4n) is 2.61. The van der Waals surface area contributed by atoms with E-state index in [0.717, 1.165) is 31.7 Å². The number of benzene rings is 1. The topological polar surface area (TPSA) is 41.6 Å². The summed E-state index contributed by atoms with van der Waals surface area (Å²) in [6, 6.07) is 4.69. The molecule has 1 saturated heterocycles. The number of esters is 1. The van der Waals surface area contributed by atoms with Crippen LogP contribution in [0.15, 0.2) is 22.7 Å². The first-order chi connectivity index (χ1) is 10.00. The van der Waals surface area contributed by atoms with Gasteiger partial charge in [0, 0.05) is 26.2 Å². The molecule has 1 aromatic rings. The standard InChI is InChI=1S/C15H20BrFN2O2/c1-3-21-14(20)15(2,19-8-6-18-7-9-19)11-4-5-13(17)12(16)10-11/h4-5,10,18H,3,6-9H2,1-2H3. The van der Waals surface area contributed by atoms with Crippen LogP contribution in [0.3, 0.4) is 0 Å². The molecule has 116 valence electrons. The second-order valence-corrected chi connectivity index (χ2v) is 6.01. The van der Waals surface area contributed by atoms with E-state index < -0.39 is 5.54 Å². The van der Waals surface area contributed by atoms with Gasteiger partial charge in [0.25, 0.3) is 0 Å². The lowest BCUT2D eigenvalue weighted by molar-refractivity contribution is -0.158. The Morgan fingerprint density at radius 1 is 1.48 bits per heavy atom. The maximum Gasteiger partial charge on any atom is 0.330 e. The lowest BCUT2D eigenvalue weighted by atomic mass is 9.89. The van der Waals surface area contributed by atoms with Crippen molar-refractivity contribution in [3.05, 3.63) is 34.1 Å². The van der Waals surface area contributed by atoms with E-state index in [1.54, 1.807) is 19.1 Å². The average molecular weight is 359 g/mol. The molecule has 1 aromatic carbocycles. The molecule has 1 aliphatic heterocycles. The van der Waals surface area contributed by atoms with Crippen LogP contribution >= 0.6 is 15.9 Å². The van der Waals surface area contributed by atoms with Crippen molar-refractivity contribution in [2.24, 2.45) is 0 Å². The highest BCUT2D eigenvalue weighted by Crippen LogP contribution is 2.32. The van der Waals surface area contributed by atoms with Gasteiger partial charge in [0.05, 0.1) is 11.1 Å². The van der Waals surface area contributed by atoms with E-state index in [2.05, 4.69) is 26.1 Å². The van der Waals surface area contributed by atoms with Crippen LogP contribution in [-0.4, -0.2) is 43.7 Å². The Bertz CT molecular complexity index is 520. The minimum Gasteiger partial charge on any atom is -0.464 e. The lowest BCUT2D eigenvalue weighted by Gasteiger charge is -2.41. The molecule has 6 heteroatoms. The minimum atomic E-state index is -0.908. The van der Waals surface area contributed by atoms with Crippen molar-refractivity contribution < 1.29 is 13.9 Å². The highest BCUT2D eigenvalue weighted by atomic mass is 79.9. The molecule has 4 nitrogen and oxygen atoms in total. The number of carbonyl (C=O) groups is 1. The van der Waals surface area contributed by atoms with Crippen LogP contribution in [-0.2, 0) is 15.1 Å². The van der Waals surface area contributed by atoms with Crippen molar-refractivity contribution in [2.45, 2.75) is 19.4 Å². The van der Waals surface area contributed by atoms with Crippen molar-refractivity contribution >= 4 is 21.9 Å². The van der Waals surface area contributed by atoms with Gasteiger partial charge in [-0.05, 0) is 47.5 Å². The molecule has 21 heavy (non-hydrogen) atoms. The van der Waals surface area contributed by atoms with E-state index in [0.29, 0.717) is 11.1 Å². The first-order valence-electron chi connectivity index (χ1n) is 7.08. The first kappa shape index (κ1) is 16.4. The number of nitrogens with zero attached hydrogens (tertiary/aromatic N) is 1. The van der Waals surface area contributed by atoms with Crippen molar-refractivity contribution in [2.75, 3.05) is 32.8 Å². The molecule has 0 saturated carbocycles.